The quantitative estimate of drug-likeness (QED) is 0.565. The van der Waals surface area contributed by atoms with Crippen LogP contribution in [0, 0.1) is 0 Å². The standard InChI is InChI=1S/C8H19NO4/c1-8(12-3,13-4)6(9)5-7(10)11-2/h6-7,10H,5,9H2,1-4H3/t6-,7?/m0/s1. The molecule has 13 heavy (non-hydrogen) atoms. The van der Waals surface area contributed by atoms with E-state index in [2.05, 4.69) is 4.74 Å². The smallest absolute Gasteiger partial charge is 0.180 e. The molecule has 5 nitrogen and oxygen atoms in total. The van der Waals surface area contributed by atoms with Crippen molar-refractivity contribution in [3.8, 4) is 0 Å². The van der Waals surface area contributed by atoms with Crippen molar-refractivity contribution in [3.05, 3.63) is 0 Å². The van der Waals surface area contributed by atoms with E-state index in [9.17, 15) is 0 Å². The van der Waals surface area contributed by atoms with E-state index in [-0.39, 0.29) is 6.42 Å². The van der Waals surface area contributed by atoms with Crippen LogP contribution in [-0.2, 0) is 14.2 Å². The third-order valence-electron chi connectivity index (χ3n) is 2.21. The zero-order chi connectivity index (χ0) is 10.5. The molecular formula is C8H19NO4. The average molecular weight is 193 g/mol. The molecule has 0 bridgehead atoms. The molecule has 0 fully saturated rings. The van der Waals surface area contributed by atoms with Crippen LogP contribution < -0.4 is 5.73 Å². The van der Waals surface area contributed by atoms with Crippen LogP contribution in [-0.4, -0.2) is 44.6 Å². The third kappa shape index (κ3) is 3.58. The summed E-state index contributed by atoms with van der Waals surface area (Å²) in [5.41, 5.74) is 5.76. The first kappa shape index (κ1) is 12.8. The van der Waals surface area contributed by atoms with Crippen LogP contribution in [0.5, 0.6) is 0 Å². The number of hydrogen-bond donors (Lipinski definition) is 2. The Morgan fingerprint density at radius 1 is 1.31 bits per heavy atom. The molecule has 0 saturated carbocycles. The predicted octanol–water partition coefficient (Wildman–Crippen LogP) is -0.322. The van der Waals surface area contributed by atoms with Gasteiger partial charge >= 0.3 is 0 Å². The highest BCUT2D eigenvalue weighted by atomic mass is 16.7. The van der Waals surface area contributed by atoms with Crippen molar-refractivity contribution >= 4 is 0 Å². The maximum atomic E-state index is 9.17. The lowest BCUT2D eigenvalue weighted by Crippen LogP contribution is -2.50. The highest BCUT2D eigenvalue weighted by Gasteiger charge is 2.32. The summed E-state index contributed by atoms with van der Waals surface area (Å²) in [6.45, 7) is 1.71. The van der Waals surface area contributed by atoms with Gasteiger partial charge in [-0.3, -0.25) is 0 Å². The number of aliphatic hydroxyl groups excluding tert-OH is 1. The fourth-order valence-electron chi connectivity index (χ4n) is 0.914. The Kier molecular flexibility index (Phi) is 5.43. The summed E-state index contributed by atoms with van der Waals surface area (Å²) in [6, 6.07) is -0.447. The van der Waals surface area contributed by atoms with Crippen LogP contribution in [0.1, 0.15) is 13.3 Å². The Labute approximate surface area is 78.8 Å². The molecular weight excluding hydrogens is 174 g/mol. The van der Waals surface area contributed by atoms with Crippen molar-refractivity contribution in [3.63, 3.8) is 0 Å². The second-order valence-electron chi connectivity index (χ2n) is 2.96. The lowest BCUT2D eigenvalue weighted by Gasteiger charge is -2.33. The second kappa shape index (κ2) is 5.51. The average Bonchev–Trinajstić information content (AvgIpc) is 2.16. The van der Waals surface area contributed by atoms with Gasteiger partial charge in [0.1, 0.15) is 0 Å². The molecule has 80 valence electrons. The molecule has 0 aliphatic carbocycles. The van der Waals surface area contributed by atoms with Crippen molar-refractivity contribution in [1.82, 2.24) is 0 Å². The maximum absolute atomic E-state index is 9.17. The van der Waals surface area contributed by atoms with Crippen LogP contribution in [0.2, 0.25) is 0 Å². The zero-order valence-corrected chi connectivity index (χ0v) is 8.61. The minimum absolute atomic E-state index is 0.259. The summed E-state index contributed by atoms with van der Waals surface area (Å²) < 4.78 is 14.8. The highest BCUT2D eigenvalue weighted by Crippen LogP contribution is 2.17. The number of methoxy groups -OCH3 is 3. The molecule has 0 aliphatic rings. The molecule has 0 spiro atoms. The van der Waals surface area contributed by atoms with Gasteiger partial charge in [0.2, 0.25) is 0 Å². The number of nitrogens with two attached hydrogens (primary N) is 1. The molecule has 0 saturated heterocycles. The first-order valence-corrected chi connectivity index (χ1v) is 4.07. The molecule has 0 amide bonds. The monoisotopic (exact) mass is 193 g/mol. The fraction of sp³-hybridized carbons (Fsp3) is 1.00. The lowest BCUT2D eigenvalue weighted by molar-refractivity contribution is -0.217. The van der Waals surface area contributed by atoms with Gasteiger partial charge in [0.05, 0.1) is 6.04 Å². The SMILES string of the molecule is COC(O)C[C@H](N)C(C)(OC)OC. The molecule has 1 unspecified atom stereocenters. The van der Waals surface area contributed by atoms with Crippen LogP contribution in [0.4, 0.5) is 0 Å². The summed E-state index contributed by atoms with van der Waals surface area (Å²) >= 11 is 0. The van der Waals surface area contributed by atoms with Gasteiger partial charge in [0, 0.05) is 27.8 Å². The Hall–Kier alpha value is -0.200. The number of aliphatic hydroxyl groups is 1. The summed E-state index contributed by atoms with van der Waals surface area (Å²) in [5.74, 6) is -0.889. The van der Waals surface area contributed by atoms with Gasteiger partial charge in [-0.25, -0.2) is 0 Å². The van der Waals surface area contributed by atoms with Crippen molar-refractivity contribution in [2.24, 2.45) is 5.73 Å². The molecule has 0 radical (unpaired) electrons. The molecule has 3 N–H and O–H groups in total. The molecule has 0 heterocycles. The van der Waals surface area contributed by atoms with E-state index in [1.54, 1.807) is 6.92 Å². The van der Waals surface area contributed by atoms with Crippen molar-refractivity contribution in [1.29, 1.82) is 0 Å². The van der Waals surface area contributed by atoms with Crippen LogP contribution >= 0.6 is 0 Å². The first-order valence-electron chi connectivity index (χ1n) is 4.07. The summed E-state index contributed by atoms with van der Waals surface area (Å²) in [6.07, 6.45) is -0.631. The number of hydrogen-bond acceptors (Lipinski definition) is 5. The normalized spacial score (nSPS) is 17.1. The van der Waals surface area contributed by atoms with Gasteiger partial charge < -0.3 is 25.1 Å². The van der Waals surface area contributed by atoms with E-state index in [0.717, 1.165) is 0 Å². The zero-order valence-electron chi connectivity index (χ0n) is 8.61. The van der Waals surface area contributed by atoms with Gasteiger partial charge in [-0.2, -0.15) is 0 Å². The van der Waals surface area contributed by atoms with Crippen LogP contribution in [0.15, 0.2) is 0 Å². The Balaban J connectivity index is 4.13. The van der Waals surface area contributed by atoms with Crippen molar-refractivity contribution in [2.45, 2.75) is 31.5 Å². The minimum atomic E-state index is -0.889. The van der Waals surface area contributed by atoms with E-state index >= 15 is 0 Å². The highest BCUT2D eigenvalue weighted by molar-refractivity contribution is 4.78. The topological polar surface area (TPSA) is 73.9 Å². The molecule has 0 aromatic carbocycles. The lowest BCUT2D eigenvalue weighted by atomic mass is 10.1. The van der Waals surface area contributed by atoms with Crippen molar-refractivity contribution in [2.75, 3.05) is 21.3 Å². The van der Waals surface area contributed by atoms with E-state index in [1.165, 1.54) is 21.3 Å². The molecule has 5 heteroatoms. The van der Waals surface area contributed by atoms with Gasteiger partial charge in [0.25, 0.3) is 0 Å². The fourth-order valence-corrected chi connectivity index (χ4v) is 0.914. The summed E-state index contributed by atoms with van der Waals surface area (Å²) in [5, 5.41) is 9.17. The molecule has 0 aromatic rings. The van der Waals surface area contributed by atoms with E-state index in [4.69, 9.17) is 20.3 Å². The van der Waals surface area contributed by atoms with E-state index < -0.39 is 18.1 Å². The van der Waals surface area contributed by atoms with Crippen molar-refractivity contribution < 1.29 is 19.3 Å². The maximum Gasteiger partial charge on any atom is 0.180 e. The van der Waals surface area contributed by atoms with Crippen LogP contribution in [0.25, 0.3) is 0 Å². The minimum Gasteiger partial charge on any atom is -0.368 e. The predicted molar refractivity (Wildman–Crippen MR) is 48.0 cm³/mol. The number of ether oxygens (including phenoxy) is 3. The summed E-state index contributed by atoms with van der Waals surface area (Å²) in [4.78, 5) is 0. The number of rotatable bonds is 6. The molecule has 0 rings (SSSR count). The molecule has 0 aromatic heterocycles. The van der Waals surface area contributed by atoms with Crippen LogP contribution in [0.3, 0.4) is 0 Å². The first-order chi connectivity index (χ1) is 6.00. The second-order valence-corrected chi connectivity index (χ2v) is 2.96. The molecule has 2 atom stereocenters. The largest absolute Gasteiger partial charge is 0.368 e. The van der Waals surface area contributed by atoms with Gasteiger partial charge in [-0.05, 0) is 6.92 Å². The third-order valence-corrected chi connectivity index (χ3v) is 2.21. The van der Waals surface area contributed by atoms with Gasteiger partial charge in [-0.1, -0.05) is 0 Å². The Bertz CT molecular complexity index is 138. The summed E-state index contributed by atoms with van der Waals surface area (Å²) in [7, 11) is 4.42. The van der Waals surface area contributed by atoms with Gasteiger partial charge in [-0.15, -0.1) is 0 Å². The van der Waals surface area contributed by atoms with E-state index in [0.29, 0.717) is 0 Å². The molecule has 0 aliphatic heterocycles. The van der Waals surface area contributed by atoms with Gasteiger partial charge in [0.15, 0.2) is 12.1 Å². The Morgan fingerprint density at radius 3 is 2.08 bits per heavy atom. The Morgan fingerprint density at radius 2 is 1.77 bits per heavy atom. The van der Waals surface area contributed by atoms with E-state index in [1.807, 2.05) is 0 Å².